The van der Waals surface area contributed by atoms with E-state index in [9.17, 15) is 8.42 Å². The molecule has 2 saturated heterocycles. The fourth-order valence-corrected chi connectivity index (χ4v) is 3.78. The largest absolute Gasteiger partial charge is 0.313 e. The van der Waals surface area contributed by atoms with E-state index in [-0.39, 0.29) is 18.4 Å². The van der Waals surface area contributed by atoms with Crippen LogP contribution in [0.2, 0.25) is 0 Å². The third-order valence-electron chi connectivity index (χ3n) is 3.53. The summed E-state index contributed by atoms with van der Waals surface area (Å²) in [6.07, 6.45) is 4.30. The van der Waals surface area contributed by atoms with Gasteiger partial charge in [0.25, 0.3) is 10.2 Å². The fourth-order valence-electron chi connectivity index (χ4n) is 2.17. The van der Waals surface area contributed by atoms with Crippen molar-refractivity contribution in [3.05, 3.63) is 0 Å². The van der Waals surface area contributed by atoms with E-state index in [1.54, 1.807) is 11.4 Å². The number of hydrogen-bond acceptors (Lipinski definition) is 3. The van der Waals surface area contributed by atoms with Gasteiger partial charge in [0.15, 0.2) is 0 Å². The molecule has 0 bridgehead atoms. The van der Waals surface area contributed by atoms with Crippen molar-refractivity contribution in [3.8, 4) is 0 Å². The lowest BCUT2D eigenvalue weighted by Crippen LogP contribution is -2.59. The predicted molar refractivity (Wildman–Crippen MR) is 70.6 cm³/mol. The Kier molecular flexibility index (Phi) is 5.66. The Hall–Kier alpha value is 0.120. The van der Waals surface area contributed by atoms with Crippen LogP contribution in [0.15, 0.2) is 0 Å². The Morgan fingerprint density at radius 3 is 2.06 bits per heavy atom. The summed E-state index contributed by atoms with van der Waals surface area (Å²) >= 11 is 0. The van der Waals surface area contributed by atoms with E-state index in [4.69, 9.17) is 0 Å². The standard InChI is InChI=1S/C10H21N3O2S.ClH/c1-12(10-8-11-9-10)16(14,15)13-6-4-2-3-5-7-13;/h10-11H,2-9H2,1H3;1H. The summed E-state index contributed by atoms with van der Waals surface area (Å²) in [5.41, 5.74) is 0. The number of rotatable bonds is 3. The van der Waals surface area contributed by atoms with Crippen LogP contribution in [0.1, 0.15) is 25.7 Å². The smallest absolute Gasteiger partial charge is 0.282 e. The maximum atomic E-state index is 12.3. The van der Waals surface area contributed by atoms with E-state index >= 15 is 0 Å². The zero-order valence-electron chi connectivity index (χ0n) is 10.3. The van der Waals surface area contributed by atoms with E-state index in [2.05, 4.69) is 5.32 Å². The first-order chi connectivity index (χ1) is 7.62. The van der Waals surface area contributed by atoms with Crippen molar-refractivity contribution in [2.75, 3.05) is 33.2 Å². The molecule has 0 unspecified atom stereocenters. The Balaban J connectivity index is 0.00000144. The molecule has 2 heterocycles. The van der Waals surface area contributed by atoms with E-state index < -0.39 is 10.2 Å². The highest BCUT2D eigenvalue weighted by Crippen LogP contribution is 2.18. The zero-order valence-corrected chi connectivity index (χ0v) is 11.9. The molecule has 102 valence electrons. The van der Waals surface area contributed by atoms with Crippen LogP contribution in [-0.2, 0) is 10.2 Å². The van der Waals surface area contributed by atoms with Crippen molar-refractivity contribution >= 4 is 22.6 Å². The second kappa shape index (κ2) is 6.33. The van der Waals surface area contributed by atoms with Crippen molar-refractivity contribution in [1.29, 1.82) is 0 Å². The van der Waals surface area contributed by atoms with E-state index in [0.717, 1.165) is 38.8 Å². The molecule has 2 rings (SSSR count). The second-order valence-corrected chi connectivity index (χ2v) is 6.64. The Labute approximate surface area is 110 Å². The van der Waals surface area contributed by atoms with Gasteiger partial charge in [-0.15, -0.1) is 12.4 Å². The lowest BCUT2D eigenvalue weighted by atomic mass is 10.2. The zero-order chi connectivity index (χ0) is 11.6. The van der Waals surface area contributed by atoms with Crippen molar-refractivity contribution < 1.29 is 8.42 Å². The van der Waals surface area contributed by atoms with Crippen LogP contribution in [0.3, 0.4) is 0 Å². The molecule has 0 radical (unpaired) electrons. The summed E-state index contributed by atoms with van der Waals surface area (Å²) in [5.74, 6) is 0. The molecule has 17 heavy (non-hydrogen) atoms. The molecule has 0 aromatic carbocycles. The molecule has 0 aromatic heterocycles. The first kappa shape index (κ1) is 15.2. The molecule has 1 N–H and O–H groups in total. The van der Waals surface area contributed by atoms with Crippen molar-refractivity contribution in [2.24, 2.45) is 0 Å². The van der Waals surface area contributed by atoms with Crippen molar-refractivity contribution in [1.82, 2.24) is 13.9 Å². The number of nitrogens with one attached hydrogen (secondary N) is 1. The van der Waals surface area contributed by atoms with Crippen LogP contribution >= 0.6 is 12.4 Å². The molecule has 0 spiro atoms. The molecule has 0 amide bonds. The summed E-state index contributed by atoms with van der Waals surface area (Å²) in [7, 11) is -1.52. The van der Waals surface area contributed by atoms with Gasteiger partial charge in [-0.1, -0.05) is 12.8 Å². The van der Waals surface area contributed by atoms with Crippen LogP contribution in [-0.4, -0.2) is 56.3 Å². The predicted octanol–water partition coefficient (Wildman–Crippen LogP) is 0.433. The molecule has 0 aromatic rings. The summed E-state index contributed by atoms with van der Waals surface area (Å²) < 4.78 is 27.8. The monoisotopic (exact) mass is 283 g/mol. The van der Waals surface area contributed by atoms with Crippen molar-refractivity contribution in [2.45, 2.75) is 31.7 Å². The van der Waals surface area contributed by atoms with Crippen LogP contribution in [0.5, 0.6) is 0 Å². The van der Waals surface area contributed by atoms with E-state index in [0.29, 0.717) is 13.1 Å². The Morgan fingerprint density at radius 2 is 1.65 bits per heavy atom. The molecular formula is C10H22ClN3O2S. The van der Waals surface area contributed by atoms with Gasteiger partial charge >= 0.3 is 0 Å². The summed E-state index contributed by atoms with van der Waals surface area (Å²) in [5, 5.41) is 3.10. The summed E-state index contributed by atoms with van der Waals surface area (Å²) in [6.45, 7) is 2.94. The fraction of sp³-hybridized carbons (Fsp3) is 1.00. The number of hydrogen-bond donors (Lipinski definition) is 1. The highest BCUT2D eigenvalue weighted by atomic mass is 35.5. The normalized spacial score (nSPS) is 23.9. The van der Waals surface area contributed by atoms with Gasteiger partial charge in [-0.2, -0.15) is 17.0 Å². The molecule has 0 atom stereocenters. The Morgan fingerprint density at radius 1 is 1.12 bits per heavy atom. The maximum absolute atomic E-state index is 12.3. The van der Waals surface area contributed by atoms with E-state index in [1.165, 1.54) is 4.31 Å². The van der Waals surface area contributed by atoms with Crippen LogP contribution in [0.25, 0.3) is 0 Å². The molecule has 7 heteroatoms. The molecule has 0 aliphatic carbocycles. The van der Waals surface area contributed by atoms with Gasteiger partial charge in [0.05, 0.1) is 6.04 Å². The van der Waals surface area contributed by atoms with Crippen molar-refractivity contribution in [3.63, 3.8) is 0 Å². The second-order valence-electron chi connectivity index (χ2n) is 4.65. The summed E-state index contributed by atoms with van der Waals surface area (Å²) in [4.78, 5) is 0. The van der Waals surface area contributed by atoms with Gasteiger partial charge < -0.3 is 5.32 Å². The highest BCUT2D eigenvalue weighted by Gasteiger charge is 2.34. The molecule has 5 nitrogen and oxygen atoms in total. The topological polar surface area (TPSA) is 52.7 Å². The summed E-state index contributed by atoms with van der Waals surface area (Å²) in [6, 6.07) is 0.147. The lowest BCUT2D eigenvalue weighted by Gasteiger charge is -2.37. The van der Waals surface area contributed by atoms with E-state index in [1.807, 2.05) is 0 Å². The third-order valence-corrected chi connectivity index (χ3v) is 5.57. The quantitative estimate of drug-likeness (QED) is 0.817. The van der Waals surface area contributed by atoms with Gasteiger partial charge in [0.1, 0.15) is 0 Å². The van der Waals surface area contributed by atoms with Gasteiger partial charge in [0, 0.05) is 33.2 Å². The molecule has 2 fully saturated rings. The van der Waals surface area contributed by atoms with Gasteiger partial charge in [0.2, 0.25) is 0 Å². The minimum atomic E-state index is -3.22. The average Bonchev–Trinajstić information content (AvgIpc) is 2.42. The third kappa shape index (κ3) is 3.32. The van der Waals surface area contributed by atoms with Crippen LogP contribution < -0.4 is 5.32 Å². The molecule has 0 saturated carbocycles. The van der Waals surface area contributed by atoms with Crippen LogP contribution in [0.4, 0.5) is 0 Å². The van der Waals surface area contributed by atoms with Gasteiger partial charge in [-0.05, 0) is 12.8 Å². The molecule has 2 aliphatic rings. The minimum Gasteiger partial charge on any atom is -0.313 e. The lowest BCUT2D eigenvalue weighted by molar-refractivity contribution is 0.253. The highest BCUT2D eigenvalue weighted by molar-refractivity contribution is 7.86. The maximum Gasteiger partial charge on any atom is 0.282 e. The number of nitrogens with zero attached hydrogens (tertiary/aromatic N) is 2. The first-order valence-electron chi connectivity index (χ1n) is 6.06. The Bertz CT molecular complexity index is 324. The molecule has 2 aliphatic heterocycles. The van der Waals surface area contributed by atoms with Gasteiger partial charge in [-0.25, -0.2) is 0 Å². The number of likely N-dealkylation sites (N-methyl/N-ethyl adjacent to an activating group) is 1. The van der Waals surface area contributed by atoms with Crippen LogP contribution in [0, 0.1) is 0 Å². The first-order valence-corrected chi connectivity index (χ1v) is 7.46. The average molecular weight is 284 g/mol. The molecular weight excluding hydrogens is 262 g/mol. The SMILES string of the molecule is CN(C1CNC1)S(=O)(=O)N1CCCCCC1.Cl. The number of halogens is 1. The van der Waals surface area contributed by atoms with Gasteiger partial charge in [-0.3, -0.25) is 0 Å². The minimum absolute atomic E-state index is 0.